The van der Waals surface area contributed by atoms with Gasteiger partial charge < -0.3 is 16.4 Å². The first-order chi connectivity index (χ1) is 13.4. The summed E-state index contributed by atoms with van der Waals surface area (Å²) in [5.74, 6) is -1.15. The highest BCUT2D eigenvalue weighted by Gasteiger charge is 2.31. The molecular formula is C19H21N5O4. The van der Waals surface area contributed by atoms with E-state index < -0.39 is 22.8 Å². The Labute approximate surface area is 161 Å². The molecule has 1 aliphatic heterocycles. The second-order valence-electron chi connectivity index (χ2n) is 6.56. The second kappa shape index (κ2) is 8.05. The molecule has 2 aromatic carbocycles. The zero-order valence-electron chi connectivity index (χ0n) is 15.2. The molecule has 9 nitrogen and oxygen atoms in total. The summed E-state index contributed by atoms with van der Waals surface area (Å²) in [7, 11) is 0. The number of carbonyl (C=O) groups is 2. The number of nitrogens with zero attached hydrogens (tertiary/aromatic N) is 3. The van der Waals surface area contributed by atoms with Crippen LogP contribution < -0.4 is 16.4 Å². The van der Waals surface area contributed by atoms with Crippen LogP contribution in [0.25, 0.3) is 0 Å². The number of nitro benzene ring substituents is 1. The van der Waals surface area contributed by atoms with Gasteiger partial charge in [0.15, 0.2) is 0 Å². The molecule has 2 amide bonds. The van der Waals surface area contributed by atoms with Crippen LogP contribution in [0.1, 0.15) is 22.0 Å². The fourth-order valence-corrected chi connectivity index (χ4v) is 3.50. The van der Waals surface area contributed by atoms with Gasteiger partial charge in [0, 0.05) is 37.8 Å². The van der Waals surface area contributed by atoms with Crippen LogP contribution in [0.3, 0.4) is 0 Å². The van der Waals surface area contributed by atoms with Crippen molar-refractivity contribution in [3.8, 4) is 0 Å². The smallest absolute Gasteiger partial charge is 0.293 e. The minimum Gasteiger partial charge on any atom is -0.368 e. The van der Waals surface area contributed by atoms with E-state index in [1.807, 2.05) is 40.1 Å². The largest absolute Gasteiger partial charge is 0.368 e. The fourth-order valence-electron chi connectivity index (χ4n) is 3.50. The number of anilines is 1. The van der Waals surface area contributed by atoms with Crippen molar-refractivity contribution in [1.82, 2.24) is 4.90 Å². The van der Waals surface area contributed by atoms with Gasteiger partial charge in [0.05, 0.1) is 4.92 Å². The summed E-state index contributed by atoms with van der Waals surface area (Å²) in [5, 5.41) is 11.4. The zero-order valence-corrected chi connectivity index (χ0v) is 15.2. The number of carbonyl (C=O) groups excluding carboxylic acids is 2. The summed E-state index contributed by atoms with van der Waals surface area (Å²) in [6, 6.07) is 13.0. The van der Waals surface area contributed by atoms with Crippen LogP contribution in [0, 0.1) is 10.1 Å². The third kappa shape index (κ3) is 3.94. The monoisotopic (exact) mass is 383 g/mol. The van der Waals surface area contributed by atoms with Gasteiger partial charge in [0.2, 0.25) is 11.8 Å². The van der Waals surface area contributed by atoms with Crippen LogP contribution in [-0.2, 0) is 4.79 Å². The lowest BCUT2D eigenvalue weighted by atomic mass is 10.0. The third-order valence-electron chi connectivity index (χ3n) is 4.86. The molecule has 0 bridgehead atoms. The molecule has 0 aromatic heterocycles. The molecule has 4 N–H and O–H groups in total. The van der Waals surface area contributed by atoms with Crippen molar-refractivity contribution < 1.29 is 14.5 Å². The van der Waals surface area contributed by atoms with Crippen molar-refractivity contribution >= 4 is 23.2 Å². The standard InChI is InChI=1S/C19H21N5O4/c20-18(25)14-6-7-15(16(12-14)24(27)28)22-8-10-23(11-9-22)17(19(21)26)13-4-2-1-3-5-13/h1-7,12,17H,8-11H2,(H2,20,25)(H2,21,26). The van der Waals surface area contributed by atoms with Crippen molar-refractivity contribution in [2.45, 2.75) is 6.04 Å². The van der Waals surface area contributed by atoms with Gasteiger partial charge in [-0.05, 0) is 17.7 Å². The van der Waals surface area contributed by atoms with Crippen LogP contribution >= 0.6 is 0 Å². The van der Waals surface area contributed by atoms with Gasteiger partial charge in [-0.2, -0.15) is 0 Å². The molecule has 1 atom stereocenters. The van der Waals surface area contributed by atoms with Gasteiger partial charge >= 0.3 is 0 Å². The number of rotatable bonds is 6. The Morgan fingerprint density at radius 2 is 1.64 bits per heavy atom. The lowest BCUT2D eigenvalue weighted by Crippen LogP contribution is -2.50. The Morgan fingerprint density at radius 1 is 1.00 bits per heavy atom. The summed E-state index contributed by atoms with van der Waals surface area (Å²) in [6.45, 7) is 1.98. The molecule has 2 aromatic rings. The summed E-state index contributed by atoms with van der Waals surface area (Å²) < 4.78 is 0. The average molecular weight is 383 g/mol. The van der Waals surface area contributed by atoms with E-state index >= 15 is 0 Å². The van der Waals surface area contributed by atoms with E-state index in [2.05, 4.69) is 0 Å². The lowest BCUT2D eigenvalue weighted by molar-refractivity contribution is -0.384. The van der Waals surface area contributed by atoms with E-state index in [0.29, 0.717) is 31.9 Å². The quantitative estimate of drug-likeness (QED) is 0.565. The number of nitro groups is 1. The molecule has 9 heteroatoms. The van der Waals surface area contributed by atoms with Gasteiger partial charge in [-0.15, -0.1) is 0 Å². The number of hydrogen-bond acceptors (Lipinski definition) is 6. The molecule has 0 spiro atoms. The Morgan fingerprint density at radius 3 is 2.18 bits per heavy atom. The van der Waals surface area contributed by atoms with E-state index in [4.69, 9.17) is 11.5 Å². The molecule has 1 aliphatic rings. The topological polar surface area (TPSA) is 136 Å². The predicted octanol–water partition coefficient (Wildman–Crippen LogP) is 1.04. The highest BCUT2D eigenvalue weighted by molar-refractivity contribution is 5.94. The number of hydrogen-bond donors (Lipinski definition) is 2. The maximum absolute atomic E-state index is 12.0. The van der Waals surface area contributed by atoms with Crippen LogP contribution in [0.4, 0.5) is 11.4 Å². The first-order valence-corrected chi connectivity index (χ1v) is 8.80. The molecule has 1 unspecified atom stereocenters. The summed E-state index contributed by atoms with van der Waals surface area (Å²) in [4.78, 5) is 38.1. The summed E-state index contributed by atoms with van der Waals surface area (Å²) in [5.41, 5.74) is 12.0. The second-order valence-corrected chi connectivity index (χ2v) is 6.56. The van der Waals surface area contributed by atoms with E-state index in [9.17, 15) is 19.7 Å². The van der Waals surface area contributed by atoms with E-state index in [-0.39, 0.29) is 11.3 Å². The van der Waals surface area contributed by atoms with Crippen molar-refractivity contribution in [3.63, 3.8) is 0 Å². The predicted molar refractivity (Wildman–Crippen MR) is 104 cm³/mol. The molecule has 146 valence electrons. The van der Waals surface area contributed by atoms with Gasteiger partial charge in [0.1, 0.15) is 11.7 Å². The van der Waals surface area contributed by atoms with Crippen molar-refractivity contribution in [1.29, 1.82) is 0 Å². The normalized spacial score (nSPS) is 15.8. The highest BCUT2D eigenvalue weighted by atomic mass is 16.6. The molecule has 1 saturated heterocycles. The van der Waals surface area contributed by atoms with Crippen LogP contribution in [0.5, 0.6) is 0 Å². The van der Waals surface area contributed by atoms with Crippen molar-refractivity contribution in [2.24, 2.45) is 11.5 Å². The first-order valence-electron chi connectivity index (χ1n) is 8.80. The zero-order chi connectivity index (χ0) is 20.3. The van der Waals surface area contributed by atoms with E-state index in [0.717, 1.165) is 5.56 Å². The van der Waals surface area contributed by atoms with E-state index in [1.54, 1.807) is 0 Å². The SMILES string of the molecule is NC(=O)c1ccc(N2CCN(C(C(N)=O)c3ccccc3)CC2)c([N+](=O)[O-])c1. The maximum atomic E-state index is 12.0. The molecule has 0 saturated carbocycles. The van der Waals surface area contributed by atoms with Gasteiger partial charge in [0.25, 0.3) is 5.69 Å². The Hall–Kier alpha value is -3.46. The minimum absolute atomic E-state index is 0.0898. The molecule has 1 fully saturated rings. The molecule has 3 rings (SSSR count). The summed E-state index contributed by atoms with van der Waals surface area (Å²) in [6.07, 6.45) is 0. The van der Waals surface area contributed by atoms with Crippen molar-refractivity contribution in [3.05, 3.63) is 69.8 Å². The highest BCUT2D eigenvalue weighted by Crippen LogP contribution is 2.31. The number of benzene rings is 2. The molecule has 0 aliphatic carbocycles. The number of nitrogens with two attached hydrogens (primary N) is 2. The minimum atomic E-state index is -0.716. The number of primary amides is 2. The Balaban J connectivity index is 1.79. The molecular weight excluding hydrogens is 362 g/mol. The fraction of sp³-hybridized carbons (Fsp3) is 0.263. The van der Waals surface area contributed by atoms with Crippen LogP contribution in [0.2, 0.25) is 0 Å². The van der Waals surface area contributed by atoms with Crippen LogP contribution in [0.15, 0.2) is 48.5 Å². The Kier molecular flexibility index (Phi) is 5.55. The summed E-state index contributed by atoms with van der Waals surface area (Å²) >= 11 is 0. The lowest BCUT2D eigenvalue weighted by Gasteiger charge is -2.39. The molecule has 1 heterocycles. The van der Waals surface area contributed by atoms with Gasteiger partial charge in [-0.25, -0.2) is 0 Å². The number of amides is 2. The van der Waals surface area contributed by atoms with Gasteiger partial charge in [-0.1, -0.05) is 30.3 Å². The maximum Gasteiger partial charge on any atom is 0.293 e. The van der Waals surface area contributed by atoms with E-state index in [1.165, 1.54) is 18.2 Å². The van der Waals surface area contributed by atoms with Gasteiger partial charge in [-0.3, -0.25) is 24.6 Å². The number of piperazine rings is 1. The molecule has 28 heavy (non-hydrogen) atoms. The van der Waals surface area contributed by atoms with Crippen molar-refractivity contribution in [2.75, 3.05) is 31.1 Å². The third-order valence-corrected chi connectivity index (χ3v) is 4.86. The van der Waals surface area contributed by atoms with Crippen LogP contribution in [-0.4, -0.2) is 47.8 Å². The molecule has 0 radical (unpaired) electrons. The average Bonchev–Trinajstić information content (AvgIpc) is 2.68. The Bertz CT molecular complexity index is 894. The first kappa shape index (κ1) is 19.3.